The summed E-state index contributed by atoms with van der Waals surface area (Å²) in [5, 5.41) is 21.5. The molecule has 2 N–H and O–H groups in total. The van der Waals surface area contributed by atoms with Crippen LogP contribution < -0.4 is 4.90 Å². The first-order valence-electron chi connectivity index (χ1n) is 8.04. The van der Waals surface area contributed by atoms with Crippen molar-refractivity contribution in [3.05, 3.63) is 35.4 Å². The molecule has 0 aliphatic carbocycles. The van der Waals surface area contributed by atoms with Gasteiger partial charge in [0.15, 0.2) is 0 Å². The molecule has 0 unspecified atom stereocenters. The number of likely N-dealkylation sites (N-methyl/N-ethyl adjacent to an activating group) is 1. The summed E-state index contributed by atoms with van der Waals surface area (Å²) in [4.78, 5) is 8.92. The number of nitrogens with zero attached hydrogens (tertiary/aromatic N) is 3. The predicted molar refractivity (Wildman–Crippen MR) is 92.7 cm³/mol. The summed E-state index contributed by atoms with van der Waals surface area (Å²) in [6.45, 7) is 3.92. The van der Waals surface area contributed by atoms with E-state index in [1.54, 1.807) is 0 Å². The number of β-amino-alcohol motifs (C(OH)–C–C–N with tert-alkyl or cyclic N) is 1. The minimum atomic E-state index is -0.724. The molecule has 23 heavy (non-hydrogen) atoms. The molecule has 5 nitrogen and oxygen atoms in total. The lowest BCUT2D eigenvalue weighted by atomic mass is 10.0. The zero-order valence-electron chi connectivity index (χ0n) is 14.1. The molecule has 1 aliphatic heterocycles. The Morgan fingerprint density at radius 1 is 1.35 bits per heavy atom. The Bertz CT molecular complexity index is 717. The molecule has 1 saturated heterocycles. The van der Waals surface area contributed by atoms with E-state index in [0.29, 0.717) is 19.5 Å². The van der Waals surface area contributed by atoms with Crippen LogP contribution >= 0.6 is 0 Å². The van der Waals surface area contributed by atoms with E-state index >= 15 is 0 Å². The summed E-state index contributed by atoms with van der Waals surface area (Å²) < 4.78 is 0. The molecule has 1 fully saturated rings. The van der Waals surface area contributed by atoms with Crippen LogP contribution in [0.2, 0.25) is 0 Å². The van der Waals surface area contributed by atoms with E-state index in [-0.39, 0.29) is 6.61 Å². The second-order valence-electron chi connectivity index (χ2n) is 6.91. The van der Waals surface area contributed by atoms with Crippen molar-refractivity contribution < 1.29 is 10.2 Å². The smallest absolute Gasteiger partial charge is 0.134 e. The van der Waals surface area contributed by atoms with E-state index in [1.165, 1.54) is 0 Å². The van der Waals surface area contributed by atoms with Crippen LogP contribution in [0.3, 0.4) is 0 Å². The van der Waals surface area contributed by atoms with Crippen molar-refractivity contribution in [3.63, 3.8) is 0 Å². The fraction of sp³-hybridized carbons (Fsp3) is 0.500. The summed E-state index contributed by atoms with van der Waals surface area (Å²) >= 11 is 0. The van der Waals surface area contributed by atoms with Crippen LogP contribution in [0.4, 0.5) is 5.82 Å². The Balaban J connectivity index is 1.98. The van der Waals surface area contributed by atoms with Crippen LogP contribution in [0.1, 0.15) is 17.5 Å². The molecule has 2 aromatic rings. The van der Waals surface area contributed by atoms with Gasteiger partial charge in [-0.1, -0.05) is 18.2 Å². The summed E-state index contributed by atoms with van der Waals surface area (Å²) in [6.07, 6.45) is 0.712. The lowest BCUT2D eigenvalue weighted by molar-refractivity contribution is 0.0365. The fourth-order valence-electron chi connectivity index (χ4n) is 3.53. The molecule has 0 radical (unpaired) electrons. The zero-order chi connectivity index (χ0) is 16.6. The largest absolute Gasteiger partial charge is 0.392 e. The highest BCUT2D eigenvalue weighted by molar-refractivity contribution is 5.84. The van der Waals surface area contributed by atoms with Gasteiger partial charge in [0.05, 0.1) is 17.7 Å². The molecule has 0 amide bonds. The van der Waals surface area contributed by atoms with Gasteiger partial charge in [-0.3, -0.25) is 0 Å². The third-order valence-corrected chi connectivity index (χ3v) is 4.52. The molecular formula is C18H25N3O2. The summed E-state index contributed by atoms with van der Waals surface area (Å²) in [5.41, 5.74) is 2.18. The first-order chi connectivity index (χ1) is 10.9. The van der Waals surface area contributed by atoms with Gasteiger partial charge in [0.2, 0.25) is 0 Å². The highest BCUT2D eigenvalue weighted by atomic mass is 16.3. The second kappa shape index (κ2) is 6.07. The number of benzene rings is 1. The van der Waals surface area contributed by atoms with Crippen molar-refractivity contribution in [2.24, 2.45) is 0 Å². The van der Waals surface area contributed by atoms with E-state index in [9.17, 15) is 10.2 Å². The Labute approximate surface area is 137 Å². The lowest BCUT2D eigenvalue weighted by Crippen LogP contribution is -2.42. The van der Waals surface area contributed by atoms with E-state index < -0.39 is 5.60 Å². The maximum Gasteiger partial charge on any atom is 0.134 e. The highest BCUT2D eigenvalue weighted by Crippen LogP contribution is 2.31. The first kappa shape index (κ1) is 16.2. The van der Waals surface area contributed by atoms with Crippen LogP contribution in [-0.4, -0.2) is 59.4 Å². The third-order valence-electron chi connectivity index (χ3n) is 4.52. The van der Waals surface area contributed by atoms with E-state index in [2.05, 4.69) is 4.90 Å². The number of aromatic nitrogens is 1. The summed E-state index contributed by atoms with van der Waals surface area (Å²) in [5.74, 6) is 0.795. The monoisotopic (exact) mass is 315 g/mol. The van der Waals surface area contributed by atoms with Crippen LogP contribution in [0, 0.1) is 6.92 Å². The van der Waals surface area contributed by atoms with E-state index in [4.69, 9.17) is 4.98 Å². The molecule has 124 valence electrons. The van der Waals surface area contributed by atoms with Gasteiger partial charge in [-0.05, 0) is 39.1 Å². The van der Waals surface area contributed by atoms with Crippen LogP contribution in [0.25, 0.3) is 10.9 Å². The number of aryl methyl sites for hydroxylation is 1. The number of hydrogen-bond donors (Lipinski definition) is 2. The lowest BCUT2D eigenvalue weighted by Gasteiger charge is -2.27. The minimum absolute atomic E-state index is 0.0468. The zero-order valence-corrected chi connectivity index (χ0v) is 14.1. The maximum absolute atomic E-state index is 10.8. The van der Waals surface area contributed by atoms with Crippen molar-refractivity contribution >= 4 is 16.7 Å². The molecule has 1 aliphatic rings. The number of pyridine rings is 1. The number of para-hydroxylation sites is 1. The molecule has 5 heteroatoms. The fourth-order valence-corrected chi connectivity index (χ4v) is 3.53. The average Bonchev–Trinajstić information content (AvgIpc) is 2.87. The molecule has 0 spiro atoms. The van der Waals surface area contributed by atoms with Gasteiger partial charge in [0.1, 0.15) is 5.82 Å². The van der Waals surface area contributed by atoms with Crippen LogP contribution in [0.5, 0.6) is 0 Å². The normalized spacial score (nSPS) is 21.6. The standard InChI is InChI=1S/C18H25N3O2/c1-13-5-4-6-14-9-15(10-22)17(19-16(13)14)21-8-7-18(23,12-21)11-20(2)3/h4-6,9,22-23H,7-8,10-12H2,1-3H3/t18-/m1/s1. The van der Waals surface area contributed by atoms with Crippen molar-refractivity contribution in [1.82, 2.24) is 9.88 Å². The number of rotatable bonds is 4. The topological polar surface area (TPSA) is 59.8 Å². The number of hydrogen-bond acceptors (Lipinski definition) is 5. The van der Waals surface area contributed by atoms with Gasteiger partial charge in [-0.2, -0.15) is 0 Å². The third kappa shape index (κ3) is 3.17. The number of aliphatic hydroxyl groups excluding tert-OH is 1. The van der Waals surface area contributed by atoms with Gasteiger partial charge in [0, 0.05) is 30.6 Å². The maximum atomic E-state index is 10.8. The van der Waals surface area contributed by atoms with E-state index in [0.717, 1.165) is 34.4 Å². The predicted octanol–water partition coefficient (Wildman–Crippen LogP) is 1.54. The van der Waals surface area contributed by atoms with Crippen molar-refractivity contribution in [1.29, 1.82) is 0 Å². The van der Waals surface area contributed by atoms with Crippen LogP contribution in [-0.2, 0) is 6.61 Å². The summed E-state index contributed by atoms with van der Waals surface area (Å²) in [7, 11) is 3.94. The molecule has 1 aromatic heterocycles. The van der Waals surface area contributed by atoms with Crippen LogP contribution in [0.15, 0.2) is 24.3 Å². The van der Waals surface area contributed by atoms with Crippen molar-refractivity contribution in [3.8, 4) is 0 Å². The summed E-state index contributed by atoms with van der Waals surface area (Å²) in [6, 6.07) is 8.08. The Morgan fingerprint density at radius 3 is 2.83 bits per heavy atom. The van der Waals surface area contributed by atoms with Gasteiger partial charge in [-0.15, -0.1) is 0 Å². The quantitative estimate of drug-likeness (QED) is 0.896. The molecule has 0 saturated carbocycles. The molecule has 2 heterocycles. The molecular weight excluding hydrogens is 290 g/mol. The average molecular weight is 315 g/mol. The van der Waals surface area contributed by atoms with Crippen molar-refractivity contribution in [2.45, 2.75) is 25.6 Å². The Kier molecular flexibility index (Phi) is 4.27. The minimum Gasteiger partial charge on any atom is -0.392 e. The number of anilines is 1. The van der Waals surface area contributed by atoms with Gasteiger partial charge in [-0.25, -0.2) is 4.98 Å². The Morgan fingerprint density at radius 2 is 2.13 bits per heavy atom. The first-order valence-corrected chi connectivity index (χ1v) is 8.04. The highest BCUT2D eigenvalue weighted by Gasteiger charge is 2.37. The molecule has 0 bridgehead atoms. The SMILES string of the molecule is Cc1cccc2cc(CO)c(N3CC[C@@](O)(CN(C)C)C3)nc12. The van der Waals surface area contributed by atoms with Gasteiger partial charge >= 0.3 is 0 Å². The number of fused-ring (bicyclic) bond motifs is 1. The number of aliphatic hydroxyl groups is 2. The van der Waals surface area contributed by atoms with Crippen molar-refractivity contribution in [2.75, 3.05) is 38.6 Å². The Hall–Kier alpha value is -1.69. The molecule has 1 atom stereocenters. The molecule has 3 rings (SSSR count). The molecule has 1 aromatic carbocycles. The van der Waals surface area contributed by atoms with Gasteiger partial charge < -0.3 is 20.0 Å². The van der Waals surface area contributed by atoms with Gasteiger partial charge in [0.25, 0.3) is 0 Å². The second-order valence-corrected chi connectivity index (χ2v) is 6.91. The van der Waals surface area contributed by atoms with E-state index in [1.807, 2.05) is 50.2 Å².